The predicted molar refractivity (Wildman–Crippen MR) is 66.6 cm³/mol. The lowest BCUT2D eigenvalue weighted by Gasteiger charge is -2.08. The van der Waals surface area contributed by atoms with E-state index in [0.29, 0.717) is 18.0 Å². The molecule has 1 aromatic rings. The summed E-state index contributed by atoms with van der Waals surface area (Å²) in [5.74, 6) is -0.680. The minimum absolute atomic E-state index is 0.0895. The Morgan fingerprint density at radius 3 is 2.79 bits per heavy atom. The van der Waals surface area contributed by atoms with Crippen LogP contribution in [0.1, 0.15) is 0 Å². The number of nitrogens with zero attached hydrogens (tertiary/aromatic N) is 1. The summed E-state index contributed by atoms with van der Waals surface area (Å²) in [6, 6.07) is 4.27. The van der Waals surface area contributed by atoms with Crippen molar-refractivity contribution >= 4 is 17.3 Å². The number of hydrogen-bond donors (Lipinski definition) is 2. The van der Waals surface area contributed by atoms with Gasteiger partial charge in [-0.05, 0) is 0 Å². The van der Waals surface area contributed by atoms with Crippen LogP contribution in [0.4, 0.5) is 11.4 Å². The molecule has 1 aromatic carbocycles. The van der Waals surface area contributed by atoms with Crippen LogP contribution in [0.3, 0.4) is 0 Å². The van der Waals surface area contributed by atoms with Crippen LogP contribution in [0.25, 0.3) is 0 Å². The number of anilines is 1. The molecule has 0 amide bonds. The SMILES string of the molecule is COc1cc(NCCOCC(=O)O)cc([N+](=O)[O-])c1. The first-order chi connectivity index (χ1) is 9.02. The quantitative estimate of drug-likeness (QED) is 0.413. The van der Waals surface area contributed by atoms with Crippen molar-refractivity contribution in [3.63, 3.8) is 0 Å². The number of carboxylic acid groups (broad SMARTS) is 1. The van der Waals surface area contributed by atoms with Gasteiger partial charge in [-0.1, -0.05) is 0 Å². The number of non-ortho nitro benzene ring substituents is 1. The van der Waals surface area contributed by atoms with Gasteiger partial charge in [0.25, 0.3) is 5.69 Å². The minimum Gasteiger partial charge on any atom is -0.496 e. The second-order valence-electron chi connectivity index (χ2n) is 3.55. The third-order valence-electron chi connectivity index (χ3n) is 2.14. The molecule has 0 heterocycles. The molecule has 8 nitrogen and oxygen atoms in total. The average Bonchev–Trinajstić information content (AvgIpc) is 2.37. The van der Waals surface area contributed by atoms with Gasteiger partial charge in [0, 0.05) is 24.4 Å². The highest BCUT2D eigenvalue weighted by atomic mass is 16.6. The zero-order valence-corrected chi connectivity index (χ0v) is 10.3. The molecule has 8 heteroatoms. The molecule has 1 rings (SSSR count). The summed E-state index contributed by atoms with van der Waals surface area (Å²) in [6.07, 6.45) is 0. The number of aliphatic carboxylic acids is 1. The minimum atomic E-state index is -1.04. The van der Waals surface area contributed by atoms with Crippen molar-refractivity contribution < 1.29 is 24.3 Å². The van der Waals surface area contributed by atoms with Gasteiger partial charge in [0.15, 0.2) is 0 Å². The van der Waals surface area contributed by atoms with Crippen molar-refractivity contribution in [2.45, 2.75) is 0 Å². The van der Waals surface area contributed by atoms with Crippen LogP contribution in [0.15, 0.2) is 18.2 Å². The third-order valence-corrected chi connectivity index (χ3v) is 2.14. The summed E-state index contributed by atoms with van der Waals surface area (Å²) in [4.78, 5) is 20.4. The molecule has 0 fully saturated rings. The van der Waals surface area contributed by atoms with E-state index in [-0.39, 0.29) is 18.9 Å². The van der Waals surface area contributed by atoms with Crippen molar-refractivity contribution in [3.05, 3.63) is 28.3 Å². The summed E-state index contributed by atoms with van der Waals surface area (Å²) in [5, 5.41) is 21.9. The molecular weight excluding hydrogens is 256 g/mol. The zero-order chi connectivity index (χ0) is 14.3. The van der Waals surface area contributed by atoms with Gasteiger partial charge in [0.2, 0.25) is 0 Å². The van der Waals surface area contributed by atoms with Crippen LogP contribution in [-0.2, 0) is 9.53 Å². The van der Waals surface area contributed by atoms with Gasteiger partial charge in [-0.3, -0.25) is 10.1 Å². The molecule has 0 saturated carbocycles. The van der Waals surface area contributed by atoms with E-state index in [9.17, 15) is 14.9 Å². The number of ether oxygens (including phenoxy) is 2. The number of hydrogen-bond acceptors (Lipinski definition) is 6. The maximum absolute atomic E-state index is 10.7. The number of nitro groups is 1. The Kier molecular flexibility index (Phi) is 5.55. The molecule has 0 spiro atoms. The van der Waals surface area contributed by atoms with Crippen LogP contribution in [-0.4, -0.2) is 42.9 Å². The molecule has 0 unspecified atom stereocenters. The van der Waals surface area contributed by atoms with Crippen molar-refractivity contribution in [2.75, 3.05) is 32.2 Å². The fourth-order valence-corrected chi connectivity index (χ4v) is 1.34. The Morgan fingerprint density at radius 1 is 1.47 bits per heavy atom. The molecule has 0 bridgehead atoms. The molecular formula is C11H14N2O6. The monoisotopic (exact) mass is 270 g/mol. The number of benzene rings is 1. The summed E-state index contributed by atoms with van der Waals surface area (Å²) in [5.41, 5.74) is 0.415. The normalized spacial score (nSPS) is 9.95. The molecule has 104 valence electrons. The zero-order valence-electron chi connectivity index (χ0n) is 10.3. The van der Waals surface area contributed by atoms with Gasteiger partial charge < -0.3 is 19.9 Å². The van der Waals surface area contributed by atoms with E-state index in [1.54, 1.807) is 6.07 Å². The highest BCUT2D eigenvalue weighted by Gasteiger charge is 2.09. The standard InChI is InChI=1S/C11H14N2O6/c1-18-10-5-8(4-9(6-10)13(16)17)12-2-3-19-7-11(14)15/h4-6,12H,2-3,7H2,1H3,(H,14,15). The maximum atomic E-state index is 10.7. The first kappa shape index (κ1) is 14.7. The Balaban J connectivity index is 2.55. The second-order valence-corrected chi connectivity index (χ2v) is 3.55. The molecule has 0 saturated heterocycles. The van der Waals surface area contributed by atoms with Crippen molar-refractivity contribution in [1.29, 1.82) is 0 Å². The topological polar surface area (TPSA) is 111 Å². The summed E-state index contributed by atoms with van der Waals surface area (Å²) in [7, 11) is 1.42. The third kappa shape index (κ3) is 5.21. The number of rotatable bonds is 8. The molecule has 0 aromatic heterocycles. The lowest BCUT2D eigenvalue weighted by atomic mass is 10.2. The smallest absolute Gasteiger partial charge is 0.329 e. The first-order valence-corrected chi connectivity index (χ1v) is 5.40. The van der Waals surface area contributed by atoms with Gasteiger partial charge in [0.05, 0.1) is 24.7 Å². The van der Waals surface area contributed by atoms with E-state index < -0.39 is 10.9 Å². The van der Waals surface area contributed by atoms with E-state index in [1.165, 1.54) is 19.2 Å². The predicted octanol–water partition coefficient (Wildman–Crippen LogP) is 1.12. The molecule has 2 N–H and O–H groups in total. The van der Waals surface area contributed by atoms with Crippen LogP contribution in [0.2, 0.25) is 0 Å². The largest absolute Gasteiger partial charge is 0.496 e. The lowest BCUT2D eigenvalue weighted by Crippen LogP contribution is -2.14. The number of carboxylic acids is 1. The summed E-state index contributed by atoms with van der Waals surface area (Å²) >= 11 is 0. The average molecular weight is 270 g/mol. The van der Waals surface area contributed by atoms with E-state index in [4.69, 9.17) is 14.6 Å². The molecule has 0 radical (unpaired) electrons. The number of nitrogens with one attached hydrogen (secondary N) is 1. The number of methoxy groups -OCH3 is 1. The Hall–Kier alpha value is -2.35. The molecule has 0 aliphatic carbocycles. The highest BCUT2D eigenvalue weighted by Crippen LogP contribution is 2.25. The Labute approximate surface area is 109 Å². The summed E-state index contributed by atoms with van der Waals surface area (Å²) in [6.45, 7) is 0.134. The molecule has 19 heavy (non-hydrogen) atoms. The van der Waals surface area contributed by atoms with Crippen LogP contribution >= 0.6 is 0 Å². The Bertz CT molecular complexity index is 462. The van der Waals surface area contributed by atoms with E-state index in [0.717, 1.165) is 0 Å². The number of nitro benzene ring substituents is 1. The fraction of sp³-hybridized carbons (Fsp3) is 0.364. The molecule has 0 atom stereocenters. The first-order valence-electron chi connectivity index (χ1n) is 5.40. The van der Waals surface area contributed by atoms with E-state index in [1.807, 2.05) is 0 Å². The molecule has 0 aliphatic heterocycles. The van der Waals surface area contributed by atoms with Gasteiger partial charge in [-0.15, -0.1) is 0 Å². The van der Waals surface area contributed by atoms with Gasteiger partial charge in [0.1, 0.15) is 12.4 Å². The fourth-order valence-electron chi connectivity index (χ4n) is 1.34. The Morgan fingerprint density at radius 2 is 2.21 bits per heavy atom. The van der Waals surface area contributed by atoms with Crippen LogP contribution in [0.5, 0.6) is 5.75 Å². The summed E-state index contributed by atoms with van der Waals surface area (Å²) < 4.78 is 9.78. The lowest BCUT2D eigenvalue weighted by molar-refractivity contribution is -0.384. The van der Waals surface area contributed by atoms with Gasteiger partial charge >= 0.3 is 5.97 Å². The maximum Gasteiger partial charge on any atom is 0.329 e. The highest BCUT2D eigenvalue weighted by molar-refractivity contribution is 5.68. The second kappa shape index (κ2) is 7.17. The molecule has 0 aliphatic rings. The van der Waals surface area contributed by atoms with Crippen molar-refractivity contribution in [2.24, 2.45) is 0 Å². The van der Waals surface area contributed by atoms with E-state index in [2.05, 4.69) is 5.32 Å². The van der Waals surface area contributed by atoms with Crippen LogP contribution < -0.4 is 10.1 Å². The van der Waals surface area contributed by atoms with Gasteiger partial charge in [-0.2, -0.15) is 0 Å². The van der Waals surface area contributed by atoms with E-state index >= 15 is 0 Å². The van der Waals surface area contributed by atoms with Crippen molar-refractivity contribution in [1.82, 2.24) is 0 Å². The van der Waals surface area contributed by atoms with Gasteiger partial charge in [-0.25, -0.2) is 4.79 Å². The van der Waals surface area contributed by atoms with Crippen LogP contribution in [0, 0.1) is 10.1 Å². The number of carbonyl (C=O) groups is 1. The van der Waals surface area contributed by atoms with Crippen molar-refractivity contribution in [3.8, 4) is 5.75 Å².